The van der Waals surface area contributed by atoms with Gasteiger partial charge in [-0.1, -0.05) is 36.4 Å². The third kappa shape index (κ3) is 5.79. The van der Waals surface area contributed by atoms with E-state index >= 15 is 0 Å². The molecule has 5 heteroatoms. The number of nitro groups is 1. The van der Waals surface area contributed by atoms with Gasteiger partial charge in [-0.2, -0.15) is 0 Å². The fourth-order valence-corrected chi connectivity index (χ4v) is 3.88. The average Bonchev–Trinajstić information content (AvgIpc) is 2.67. The Kier molecular flexibility index (Phi) is 6.82. The first kappa shape index (κ1) is 19.4. The molecule has 0 unspecified atom stereocenters. The molecule has 5 nitrogen and oxygen atoms in total. The van der Waals surface area contributed by atoms with Gasteiger partial charge in [-0.3, -0.25) is 10.1 Å². The van der Waals surface area contributed by atoms with E-state index < -0.39 is 0 Å². The minimum absolute atomic E-state index is 0.0506. The Balaban J connectivity index is 1.37. The maximum atomic E-state index is 11.1. The van der Waals surface area contributed by atoms with Gasteiger partial charge in [0, 0.05) is 12.5 Å². The highest BCUT2D eigenvalue weighted by atomic mass is 16.6. The van der Waals surface area contributed by atoms with Gasteiger partial charge in [0.1, 0.15) is 0 Å². The fraction of sp³-hybridized carbons (Fsp3) is 0.455. The predicted molar refractivity (Wildman–Crippen MR) is 106 cm³/mol. The number of nitro benzene ring substituents is 1. The van der Waals surface area contributed by atoms with Crippen molar-refractivity contribution in [3.8, 4) is 5.75 Å². The first-order valence-electron chi connectivity index (χ1n) is 9.87. The third-order valence-corrected chi connectivity index (χ3v) is 5.42. The van der Waals surface area contributed by atoms with E-state index in [1.54, 1.807) is 17.0 Å². The lowest BCUT2D eigenvalue weighted by Crippen LogP contribution is -3.13. The fourth-order valence-electron chi connectivity index (χ4n) is 3.88. The van der Waals surface area contributed by atoms with Crippen molar-refractivity contribution in [3.63, 3.8) is 0 Å². The largest absolute Gasteiger partial charge is 0.487 e. The number of piperidine rings is 1. The maximum Gasteiger partial charge on any atom is 0.310 e. The molecule has 1 N–H and O–H groups in total. The van der Waals surface area contributed by atoms with E-state index in [1.807, 2.05) is 6.92 Å². The van der Waals surface area contributed by atoms with Gasteiger partial charge in [0.2, 0.25) is 0 Å². The number of nitrogens with one attached hydrogen (secondary N) is 1. The van der Waals surface area contributed by atoms with Crippen LogP contribution in [0.2, 0.25) is 0 Å². The van der Waals surface area contributed by atoms with Crippen molar-refractivity contribution in [1.29, 1.82) is 0 Å². The lowest BCUT2D eigenvalue weighted by atomic mass is 9.90. The van der Waals surface area contributed by atoms with Crippen LogP contribution in [-0.4, -0.2) is 31.2 Å². The topological polar surface area (TPSA) is 56.8 Å². The van der Waals surface area contributed by atoms with Crippen LogP contribution in [0.4, 0.5) is 5.69 Å². The Morgan fingerprint density at radius 1 is 1.15 bits per heavy atom. The zero-order valence-electron chi connectivity index (χ0n) is 16.0. The quantitative estimate of drug-likeness (QED) is 0.442. The number of hydrogen-bond acceptors (Lipinski definition) is 3. The number of nitrogens with zero attached hydrogens (tertiary/aromatic N) is 1. The van der Waals surface area contributed by atoms with Crippen LogP contribution < -0.4 is 9.64 Å². The molecule has 0 bridgehead atoms. The molecule has 144 valence electrons. The van der Waals surface area contributed by atoms with Gasteiger partial charge in [0.15, 0.2) is 5.75 Å². The summed E-state index contributed by atoms with van der Waals surface area (Å²) in [4.78, 5) is 12.3. The third-order valence-electron chi connectivity index (χ3n) is 5.42. The summed E-state index contributed by atoms with van der Waals surface area (Å²) >= 11 is 0. The van der Waals surface area contributed by atoms with Crippen LogP contribution in [0.25, 0.3) is 0 Å². The zero-order chi connectivity index (χ0) is 19.1. The molecule has 2 aromatic rings. The van der Waals surface area contributed by atoms with Crippen LogP contribution in [0.15, 0.2) is 48.5 Å². The highest BCUT2D eigenvalue weighted by molar-refractivity contribution is 5.48. The van der Waals surface area contributed by atoms with E-state index in [9.17, 15) is 10.1 Å². The van der Waals surface area contributed by atoms with Crippen molar-refractivity contribution < 1.29 is 14.6 Å². The molecule has 1 heterocycles. The first-order valence-corrected chi connectivity index (χ1v) is 9.87. The molecule has 3 rings (SSSR count). The molecule has 0 amide bonds. The number of benzene rings is 2. The molecule has 1 saturated heterocycles. The second-order valence-corrected chi connectivity index (χ2v) is 7.56. The van der Waals surface area contributed by atoms with Crippen LogP contribution in [0, 0.1) is 23.0 Å². The molecule has 0 saturated carbocycles. The number of aryl methyl sites for hydroxylation is 1. The molecule has 1 fully saturated rings. The molecule has 0 aromatic heterocycles. The number of rotatable bonds is 8. The molecule has 0 atom stereocenters. The number of likely N-dealkylation sites (tertiary alicyclic amines) is 1. The van der Waals surface area contributed by atoms with E-state index in [0.29, 0.717) is 12.4 Å². The van der Waals surface area contributed by atoms with Crippen molar-refractivity contribution in [2.45, 2.75) is 32.6 Å². The normalized spacial score (nSPS) is 19.6. The molecule has 27 heavy (non-hydrogen) atoms. The van der Waals surface area contributed by atoms with Crippen LogP contribution >= 0.6 is 0 Å². The van der Waals surface area contributed by atoms with Crippen molar-refractivity contribution in [2.75, 3.05) is 26.2 Å². The Bertz CT molecular complexity index is 740. The summed E-state index contributed by atoms with van der Waals surface area (Å²) in [5.41, 5.74) is 2.47. The number of ether oxygens (including phenoxy) is 1. The van der Waals surface area contributed by atoms with Crippen molar-refractivity contribution >= 4 is 5.69 Å². The summed E-state index contributed by atoms with van der Waals surface area (Å²) < 4.78 is 5.72. The SMILES string of the molecule is Cc1ccc([N+](=O)[O-])c(OCCC[NH+]2CCC(Cc3ccccc3)CC2)c1. The maximum absolute atomic E-state index is 11.1. The average molecular weight is 369 g/mol. The number of quaternary nitrogens is 1. The molecule has 0 aliphatic carbocycles. The zero-order valence-corrected chi connectivity index (χ0v) is 16.0. The lowest BCUT2D eigenvalue weighted by molar-refractivity contribution is -0.906. The van der Waals surface area contributed by atoms with Gasteiger partial charge in [-0.15, -0.1) is 0 Å². The summed E-state index contributed by atoms with van der Waals surface area (Å²) in [6.07, 6.45) is 4.65. The van der Waals surface area contributed by atoms with E-state index in [2.05, 4.69) is 30.3 Å². The Morgan fingerprint density at radius 3 is 2.59 bits per heavy atom. The highest BCUT2D eigenvalue weighted by Gasteiger charge is 2.22. The summed E-state index contributed by atoms with van der Waals surface area (Å²) in [5.74, 6) is 1.18. The van der Waals surface area contributed by atoms with Crippen LogP contribution in [-0.2, 0) is 6.42 Å². The number of hydrogen-bond donors (Lipinski definition) is 1. The highest BCUT2D eigenvalue weighted by Crippen LogP contribution is 2.27. The first-order chi connectivity index (χ1) is 13.1. The van der Waals surface area contributed by atoms with Gasteiger partial charge in [-0.05, 0) is 49.3 Å². The van der Waals surface area contributed by atoms with Gasteiger partial charge in [-0.25, -0.2) is 0 Å². The van der Waals surface area contributed by atoms with Gasteiger partial charge in [0.05, 0.1) is 31.2 Å². The Hall–Kier alpha value is -2.40. The van der Waals surface area contributed by atoms with Gasteiger partial charge < -0.3 is 9.64 Å². The Morgan fingerprint density at radius 2 is 1.89 bits per heavy atom. The van der Waals surface area contributed by atoms with Crippen molar-refractivity contribution in [2.24, 2.45) is 5.92 Å². The van der Waals surface area contributed by atoms with E-state index in [1.165, 1.54) is 44.0 Å². The molecule has 2 aromatic carbocycles. The Labute approximate surface area is 161 Å². The predicted octanol–water partition coefficient (Wildman–Crippen LogP) is 3.21. The van der Waals surface area contributed by atoms with E-state index in [-0.39, 0.29) is 10.6 Å². The summed E-state index contributed by atoms with van der Waals surface area (Å²) in [7, 11) is 0. The van der Waals surface area contributed by atoms with Crippen molar-refractivity contribution in [3.05, 3.63) is 69.8 Å². The smallest absolute Gasteiger partial charge is 0.310 e. The second-order valence-electron chi connectivity index (χ2n) is 7.56. The summed E-state index contributed by atoms with van der Waals surface area (Å²) in [5, 5.41) is 11.1. The monoisotopic (exact) mass is 369 g/mol. The second kappa shape index (κ2) is 9.51. The molecular formula is C22H29N2O3+. The lowest BCUT2D eigenvalue weighted by Gasteiger charge is -2.29. The van der Waals surface area contributed by atoms with Gasteiger partial charge >= 0.3 is 5.69 Å². The van der Waals surface area contributed by atoms with Crippen molar-refractivity contribution in [1.82, 2.24) is 0 Å². The van der Waals surface area contributed by atoms with Crippen LogP contribution in [0.3, 0.4) is 0 Å². The molecule has 1 aliphatic rings. The molecule has 0 radical (unpaired) electrons. The molecular weight excluding hydrogens is 340 g/mol. The van der Waals surface area contributed by atoms with Crippen LogP contribution in [0.1, 0.15) is 30.4 Å². The minimum Gasteiger partial charge on any atom is -0.487 e. The van der Waals surface area contributed by atoms with E-state index in [0.717, 1.165) is 24.4 Å². The van der Waals surface area contributed by atoms with E-state index in [4.69, 9.17) is 4.74 Å². The van der Waals surface area contributed by atoms with Crippen LogP contribution in [0.5, 0.6) is 5.75 Å². The van der Waals surface area contributed by atoms with Gasteiger partial charge in [0.25, 0.3) is 0 Å². The summed E-state index contributed by atoms with van der Waals surface area (Å²) in [6, 6.07) is 15.8. The molecule has 0 spiro atoms. The summed E-state index contributed by atoms with van der Waals surface area (Å²) in [6.45, 7) is 5.93. The standard InChI is InChI=1S/C22H28N2O3/c1-18-8-9-21(24(25)26)22(16-18)27-15-5-12-23-13-10-20(11-14-23)17-19-6-3-2-4-7-19/h2-4,6-9,16,20H,5,10-15,17H2,1H3/p+1. The minimum atomic E-state index is -0.377. The molecule has 1 aliphatic heterocycles.